The van der Waals surface area contributed by atoms with E-state index in [1.54, 1.807) is 0 Å². The second-order valence-electron chi connectivity index (χ2n) is 9.44. The summed E-state index contributed by atoms with van der Waals surface area (Å²) in [4.78, 5) is 4.98. The highest BCUT2D eigenvalue weighted by Crippen LogP contribution is 2.31. The summed E-state index contributed by atoms with van der Waals surface area (Å²) < 4.78 is 0. The molecule has 1 aromatic carbocycles. The van der Waals surface area contributed by atoms with E-state index in [-0.39, 0.29) is 0 Å². The predicted octanol–water partition coefficient (Wildman–Crippen LogP) is 5.31. The minimum absolute atomic E-state index is 0.554. The lowest BCUT2D eigenvalue weighted by molar-refractivity contribution is 0.272. The van der Waals surface area contributed by atoms with Gasteiger partial charge >= 0.3 is 0 Å². The maximum Gasteiger partial charge on any atom is 0.0388 e. The van der Waals surface area contributed by atoms with Crippen molar-refractivity contribution < 1.29 is 0 Å². The molecule has 0 bridgehead atoms. The third kappa shape index (κ3) is 6.14. The molecule has 1 saturated heterocycles. The van der Waals surface area contributed by atoms with Gasteiger partial charge < -0.3 is 15.1 Å². The molecule has 27 heavy (non-hydrogen) atoms. The number of nitrogens with zero attached hydrogens (tertiary/aromatic N) is 2. The van der Waals surface area contributed by atoms with Gasteiger partial charge in [0.1, 0.15) is 0 Å². The van der Waals surface area contributed by atoms with Crippen LogP contribution in [-0.2, 0) is 0 Å². The third-order valence-electron chi connectivity index (χ3n) is 6.68. The van der Waals surface area contributed by atoms with Gasteiger partial charge in [0.15, 0.2) is 0 Å². The quantitative estimate of drug-likeness (QED) is 0.656. The number of piperazine rings is 1. The first-order valence-electron chi connectivity index (χ1n) is 11.3. The van der Waals surface area contributed by atoms with Crippen molar-refractivity contribution in [3.8, 4) is 0 Å². The Morgan fingerprint density at radius 2 is 1.70 bits per heavy atom. The third-order valence-corrected chi connectivity index (χ3v) is 6.68. The van der Waals surface area contributed by atoms with E-state index in [9.17, 15) is 0 Å². The van der Waals surface area contributed by atoms with Crippen LogP contribution in [0.1, 0.15) is 65.7 Å². The molecular weight excluding hydrogens is 330 g/mol. The summed E-state index contributed by atoms with van der Waals surface area (Å²) in [6.45, 7) is 10.3. The van der Waals surface area contributed by atoms with Crippen LogP contribution in [0.4, 0.5) is 11.4 Å². The number of benzene rings is 1. The van der Waals surface area contributed by atoms with Gasteiger partial charge in [0.05, 0.1) is 0 Å². The molecule has 1 heterocycles. The molecule has 2 fully saturated rings. The van der Waals surface area contributed by atoms with Gasteiger partial charge in [-0.25, -0.2) is 0 Å². The summed E-state index contributed by atoms with van der Waals surface area (Å²) in [6.07, 6.45) is 10.0. The molecule has 0 aromatic heterocycles. The van der Waals surface area contributed by atoms with Crippen molar-refractivity contribution in [3.63, 3.8) is 0 Å². The molecule has 3 rings (SSSR count). The summed E-state index contributed by atoms with van der Waals surface area (Å²) >= 11 is 0. The van der Waals surface area contributed by atoms with Crippen molar-refractivity contribution in [2.45, 2.75) is 77.8 Å². The predicted molar refractivity (Wildman–Crippen MR) is 119 cm³/mol. The van der Waals surface area contributed by atoms with E-state index in [1.165, 1.54) is 62.9 Å². The maximum absolute atomic E-state index is 3.63. The average Bonchev–Trinajstić information content (AvgIpc) is 2.66. The SMILES string of the molecule is CC1CCC(CCCCN(C)c2cccc(N3CC(C)NC(C)C3)c2)CC1. The monoisotopic (exact) mass is 371 g/mol. The highest BCUT2D eigenvalue weighted by molar-refractivity contribution is 5.59. The van der Waals surface area contributed by atoms with Gasteiger partial charge in [0, 0.05) is 50.1 Å². The molecule has 0 amide bonds. The van der Waals surface area contributed by atoms with E-state index >= 15 is 0 Å². The van der Waals surface area contributed by atoms with Crippen LogP contribution in [0.25, 0.3) is 0 Å². The Balaban J connectivity index is 1.45. The first-order chi connectivity index (χ1) is 13.0. The molecule has 1 aliphatic heterocycles. The number of rotatable bonds is 7. The summed E-state index contributed by atoms with van der Waals surface area (Å²) in [5.74, 6) is 1.98. The molecule has 1 aromatic rings. The zero-order chi connectivity index (χ0) is 19.2. The Hall–Kier alpha value is -1.22. The molecule has 0 spiro atoms. The lowest BCUT2D eigenvalue weighted by Gasteiger charge is -2.38. The second-order valence-corrected chi connectivity index (χ2v) is 9.44. The van der Waals surface area contributed by atoms with Gasteiger partial charge in [-0.3, -0.25) is 0 Å². The Kier molecular flexibility index (Phi) is 7.46. The van der Waals surface area contributed by atoms with E-state index in [0.717, 1.165) is 24.9 Å². The smallest absolute Gasteiger partial charge is 0.0388 e. The molecule has 1 aliphatic carbocycles. The zero-order valence-corrected chi connectivity index (χ0v) is 18.1. The molecular formula is C24H41N3. The molecule has 2 unspecified atom stereocenters. The van der Waals surface area contributed by atoms with Gasteiger partial charge in [0.2, 0.25) is 0 Å². The van der Waals surface area contributed by atoms with E-state index < -0.39 is 0 Å². The fourth-order valence-electron chi connectivity index (χ4n) is 4.99. The second kappa shape index (κ2) is 9.82. The van der Waals surface area contributed by atoms with Gasteiger partial charge in [-0.1, -0.05) is 51.5 Å². The number of anilines is 2. The highest BCUT2D eigenvalue weighted by atomic mass is 15.2. The lowest BCUT2D eigenvalue weighted by atomic mass is 9.81. The number of hydrogen-bond donors (Lipinski definition) is 1. The van der Waals surface area contributed by atoms with Crippen molar-refractivity contribution >= 4 is 11.4 Å². The van der Waals surface area contributed by atoms with Crippen molar-refractivity contribution in [2.75, 3.05) is 36.5 Å². The fraction of sp³-hybridized carbons (Fsp3) is 0.750. The molecule has 0 radical (unpaired) electrons. The largest absolute Gasteiger partial charge is 0.375 e. The standard InChI is InChI=1S/C24H41N3/c1-19-11-13-22(14-12-19)8-5-6-15-26(4)23-9-7-10-24(16-23)27-17-20(2)25-21(3)18-27/h7,9-10,16,19-22,25H,5-6,8,11-15,17-18H2,1-4H3. The highest BCUT2D eigenvalue weighted by Gasteiger charge is 2.21. The maximum atomic E-state index is 3.63. The van der Waals surface area contributed by atoms with Crippen LogP contribution in [0.2, 0.25) is 0 Å². The van der Waals surface area contributed by atoms with E-state index in [1.807, 2.05) is 0 Å². The van der Waals surface area contributed by atoms with Crippen LogP contribution < -0.4 is 15.1 Å². The molecule has 1 saturated carbocycles. The minimum Gasteiger partial charge on any atom is -0.375 e. The average molecular weight is 372 g/mol. The summed E-state index contributed by atoms with van der Waals surface area (Å²) in [5, 5.41) is 3.63. The number of unbranched alkanes of at least 4 members (excludes halogenated alkanes) is 1. The van der Waals surface area contributed by atoms with Gasteiger partial charge in [-0.2, -0.15) is 0 Å². The zero-order valence-electron chi connectivity index (χ0n) is 18.1. The Morgan fingerprint density at radius 1 is 1.00 bits per heavy atom. The normalized spacial score (nSPS) is 29.0. The molecule has 2 atom stereocenters. The minimum atomic E-state index is 0.554. The molecule has 2 aliphatic rings. The summed E-state index contributed by atoms with van der Waals surface area (Å²) in [7, 11) is 2.25. The summed E-state index contributed by atoms with van der Waals surface area (Å²) in [5.41, 5.74) is 2.73. The molecule has 152 valence electrons. The topological polar surface area (TPSA) is 18.5 Å². The first kappa shape index (κ1) is 20.5. The fourth-order valence-corrected chi connectivity index (χ4v) is 4.99. The lowest BCUT2D eigenvalue weighted by Crippen LogP contribution is -2.54. The van der Waals surface area contributed by atoms with Crippen molar-refractivity contribution in [2.24, 2.45) is 11.8 Å². The Morgan fingerprint density at radius 3 is 2.41 bits per heavy atom. The molecule has 3 nitrogen and oxygen atoms in total. The van der Waals surface area contributed by atoms with Crippen LogP contribution >= 0.6 is 0 Å². The van der Waals surface area contributed by atoms with Gasteiger partial charge in [0.25, 0.3) is 0 Å². The Labute approximate surface area is 167 Å². The van der Waals surface area contributed by atoms with Crippen molar-refractivity contribution in [1.29, 1.82) is 0 Å². The number of nitrogens with one attached hydrogen (secondary N) is 1. The van der Waals surface area contributed by atoms with E-state index in [4.69, 9.17) is 0 Å². The molecule has 1 N–H and O–H groups in total. The van der Waals surface area contributed by atoms with Crippen molar-refractivity contribution in [1.82, 2.24) is 5.32 Å². The Bertz CT molecular complexity index is 554. The van der Waals surface area contributed by atoms with Crippen LogP contribution in [0.15, 0.2) is 24.3 Å². The molecule has 3 heteroatoms. The van der Waals surface area contributed by atoms with Crippen LogP contribution in [0.3, 0.4) is 0 Å². The number of hydrogen-bond acceptors (Lipinski definition) is 3. The van der Waals surface area contributed by atoms with E-state index in [2.05, 4.69) is 67.2 Å². The van der Waals surface area contributed by atoms with E-state index in [0.29, 0.717) is 12.1 Å². The van der Waals surface area contributed by atoms with Crippen LogP contribution in [0, 0.1) is 11.8 Å². The van der Waals surface area contributed by atoms with Gasteiger partial charge in [-0.15, -0.1) is 0 Å². The first-order valence-corrected chi connectivity index (χ1v) is 11.3. The van der Waals surface area contributed by atoms with Crippen LogP contribution in [-0.4, -0.2) is 38.8 Å². The van der Waals surface area contributed by atoms with Crippen molar-refractivity contribution in [3.05, 3.63) is 24.3 Å². The van der Waals surface area contributed by atoms with Crippen LogP contribution in [0.5, 0.6) is 0 Å². The summed E-state index contributed by atoms with van der Waals surface area (Å²) in [6, 6.07) is 10.2. The van der Waals surface area contributed by atoms with Gasteiger partial charge in [-0.05, 0) is 50.3 Å².